The van der Waals surface area contributed by atoms with Crippen LogP contribution < -0.4 is 10.2 Å². The van der Waals surface area contributed by atoms with E-state index >= 15 is 0 Å². The molecule has 1 atom stereocenters. The Labute approximate surface area is 148 Å². The van der Waals surface area contributed by atoms with Gasteiger partial charge in [-0.2, -0.15) is 0 Å². The van der Waals surface area contributed by atoms with Gasteiger partial charge in [-0.3, -0.25) is 9.59 Å². The zero-order valence-electron chi connectivity index (χ0n) is 14.8. The molecule has 1 unspecified atom stereocenters. The fraction of sp³-hybridized carbons (Fsp3) is 0.333. The summed E-state index contributed by atoms with van der Waals surface area (Å²) in [4.78, 5) is 26.5. The minimum Gasteiger partial charge on any atom is -0.326 e. The number of amides is 2. The Balaban J connectivity index is 1.79. The third kappa shape index (κ3) is 3.58. The molecule has 4 heteroatoms. The number of nitrogens with one attached hydrogen (secondary N) is 1. The average Bonchev–Trinajstić information content (AvgIpc) is 2.63. The van der Waals surface area contributed by atoms with Gasteiger partial charge in [-0.25, -0.2) is 0 Å². The number of carbonyl (C=O) groups excluding carboxylic acids is 2. The van der Waals surface area contributed by atoms with Gasteiger partial charge in [0.2, 0.25) is 11.8 Å². The molecule has 1 aliphatic rings. The maximum Gasteiger partial charge on any atom is 0.231 e. The van der Waals surface area contributed by atoms with Crippen molar-refractivity contribution in [3.8, 4) is 0 Å². The number of nitrogens with zero attached hydrogens (tertiary/aromatic N) is 1. The van der Waals surface area contributed by atoms with Gasteiger partial charge in [-0.05, 0) is 49.1 Å². The Hall–Kier alpha value is -2.62. The molecule has 2 aromatic rings. The number of fused-ring (bicyclic) bond motifs is 1. The summed E-state index contributed by atoms with van der Waals surface area (Å²) >= 11 is 0. The van der Waals surface area contributed by atoms with Crippen molar-refractivity contribution >= 4 is 23.2 Å². The molecule has 2 amide bonds. The normalized spacial score (nSPS) is 14.8. The smallest absolute Gasteiger partial charge is 0.231 e. The van der Waals surface area contributed by atoms with Crippen molar-refractivity contribution < 1.29 is 9.59 Å². The van der Waals surface area contributed by atoms with Crippen LogP contribution in [0.1, 0.15) is 43.7 Å². The van der Waals surface area contributed by atoms with Crippen LogP contribution in [0.4, 0.5) is 11.4 Å². The zero-order chi connectivity index (χ0) is 17.8. The monoisotopic (exact) mass is 336 g/mol. The van der Waals surface area contributed by atoms with Crippen molar-refractivity contribution in [2.24, 2.45) is 0 Å². The molecule has 0 aliphatic carbocycles. The Bertz CT molecular complexity index is 771. The zero-order valence-corrected chi connectivity index (χ0v) is 14.8. The van der Waals surface area contributed by atoms with Gasteiger partial charge >= 0.3 is 0 Å². The lowest BCUT2D eigenvalue weighted by Gasteiger charge is -2.28. The summed E-state index contributed by atoms with van der Waals surface area (Å²) in [5.74, 6) is 0.0146. The number of aryl methyl sites for hydroxylation is 1. The highest BCUT2D eigenvalue weighted by Gasteiger charge is 2.24. The van der Waals surface area contributed by atoms with E-state index in [1.807, 2.05) is 67.3 Å². The van der Waals surface area contributed by atoms with Gasteiger partial charge in [0.25, 0.3) is 0 Å². The fourth-order valence-corrected chi connectivity index (χ4v) is 3.47. The molecule has 0 bridgehead atoms. The molecule has 1 N–H and O–H groups in total. The van der Waals surface area contributed by atoms with Crippen molar-refractivity contribution in [1.82, 2.24) is 0 Å². The first-order valence-corrected chi connectivity index (χ1v) is 8.93. The van der Waals surface area contributed by atoms with Crippen molar-refractivity contribution in [1.29, 1.82) is 0 Å². The molecule has 0 aromatic heterocycles. The van der Waals surface area contributed by atoms with Crippen molar-refractivity contribution in [2.75, 3.05) is 16.8 Å². The van der Waals surface area contributed by atoms with Crippen LogP contribution in [0.15, 0.2) is 48.5 Å². The number of carbonyl (C=O) groups is 2. The largest absolute Gasteiger partial charge is 0.326 e. The number of rotatable bonds is 5. The molecule has 0 spiro atoms. The van der Waals surface area contributed by atoms with Crippen molar-refractivity contribution in [3.63, 3.8) is 0 Å². The highest BCUT2D eigenvalue weighted by Crippen LogP contribution is 2.31. The molecule has 0 radical (unpaired) electrons. The van der Waals surface area contributed by atoms with E-state index in [-0.39, 0.29) is 17.7 Å². The van der Waals surface area contributed by atoms with Crippen LogP contribution in [0.5, 0.6) is 0 Å². The lowest BCUT2D eigenvalue weighted by molar-refractivity contribution is -0.119. The topological polar surface area (TPSA) is 49.4 Å². The standard InChI is InChI=1S/C21H24N2O2/c1-3-18(15-8-6-5-7-9-15)21(25)22-17-11-12-19-16(14-17)10-13-20(24)23(19)4-2/h5-9,11-12,14,18H,3-4,10,13H2,1-2H3,(H,22,25). The molecule has 1 aliphatic heterocycles. The van der Waals surface area contributed by atoms with E-state index in [0.29, 0.717) is 13.0 Å². The minimum atomic E-state index is -0.161. The number of hydrogen-bond donors (Lipinski definition) is 1. The van der Waals surface area contributed by atoms with Crippen molar-refractivity contribution in [2.45, 2.75) is 39.0 Å². The Morgan fingerprint density at radius 3 is 2.56 bits per heavy atom. The van der Waals surface area contributed by atoms with E-state index < -0.39 is 0 Å². The summed E-state index contributed by atoms with van der Waals surface area (Å²) in [5, 5.41) is 3.04. The predicted octanol–water partition coefficient (Wildman–Crippen LogP) is 4.12. The SMILES string of the molecule is CCC(C(=O)Nc1ccc2c(c1)CCC(=O)N2CC)c1ccccc1. The summed E-state index contributed by atoms with van der Waals surface area (Å²) < 4.78 is 0. The molecule has 4 nitrogen and oxygen atoms in total. The molecular formula is C21H24N2O2. The summed E-state index contributed by atoms with van der Waals surface area (Å²) in [6.45, 7) is 4.67. The van der Waals surface area contributed by atoms with Gasteiger partial charge in [-0.1, -0.05) is 37.3 Å². The Kier molecular flexibility index (Phi) is 5.17. The molecule has 25 heavy (non-hydrogen) atoms. The molecule has 3 rings (SSSR count). The second-order valence-corrected chi connectivity index (χ2v) is 6.34. The van der Waals surface area contributed by atoms with Crippen molar-refractivity contribution in [3.05, 3.63) is 59.7 Å². The highest BCUT2D eigenvalue weighted by molar-refractivity contribution is 5.98. The number of anilines is 2. The van der Waals surface area contributed by atoms with E-state index in [1.165, 1.54) is 0 Å². The lowest BCUT2D eigenvalue weighted by atomic mass is 9.95. The molecule has 2 aromatic carbocycles. The molecule has 0 fully saturated rings. The van der Waals surface area contributed by atoms with Gasteiger partial charge in [0, 0.05) is 24.3 Å². The second kappa shape index (κ2) is 7.51. The number of hydrogen-bond acceptors (Lipinski definition) is 2. The van der Waals surface area contributed by atoms with Gasteiger partial charge < -0.3 is 10.2 Å². The average molecular weight is 336 g/mol. The minimum absolute atomic E-state index is 0.00730. The van der Waals surface area contributed by atoms with Crippen LogP contribution in [0.2, 0.25) is 0 Å². The summed E-state index contributed by atoms with van der Waals surface area (Å²) in [7, 11) is 0. The molecule has 1 heterocycles. The van der Waals surface area contributed by atoms with Gasteiger partial charge in [0.15, 0.2) is 0 Å². The molecule has 0 saturated carbocycles. The fourth-order valence-electron chi connectivity index (χ4n) is 3.47. The van der Waals surface area contributed by atoms with Gasteiger partial charge in [0.05, 0.1) is 5.92 Å². The highest BCUT2D eigenvalue weighted by atomic mass is 16.2. The van der Waals surface area contributed by atoms with E-state index in [0.717, 1.165) is 35.3 Å². The van der Waals surface area contributed by atoms with Crippen LogP contribution in [0, 0.1) is 0 Å². The van der Waals surface area contributed by atoms with E-state index in [4.69, 9.17) is 0 Å². The van der Waals surface area contributed by atoms with E-state index in [2.05, 4.69) is 5.32 Å². The molecule has 130 valence electrons. The predicted molar refractivity (Wildman–Crippen MR) is 101 cm³/mol. The van der Waals surface area contributed by atoms with Crippen LogP contribution >= 0.6 is 0 Å². The van der Waals surface area contributed by atoms with E-state index in [1.54, 1.807) is 0 Å². The first-order chi connectivity index (χ1) is 12.1. The first kappa shape index (κ1) is 17.2. The van der Waals surface area contributed by atoms with Gasteiger partial charge in [0.1, 0.15) is 0 Å². The van der Waals surface area contributed by atoms with Crippen LogP contribution in [0.25, 0.3) is 0 Å². The maximum absolute atomic E-state index is 12.7. The summed E-state index contributed by atoms with van der Waals surface area (Å²) in [5.41, 5.74) is 3.91. The summed E-state index contributed by atoms with van der Waals surface area (Å²) in [6, 6.07) is 15.7. The lowest BCUT2D eigenvalue weighted by Crippen LogP contribution is -2.34. The Morgan fingerprint density at radius 1 is 1.12 bits per heavy atom. The maximum atomic E-state index is 12.7. The third-order valence-electron chi connectivity index (χ3n) is 4.79. The van der Waals surface area contributed by atoms with E-state index in [9.17, 15) is 9.59 Å². The second-order valence-electron chi connectivity index (χ2n) is 6.34. The van der Waals surface area contributed by atoms with Crippen LogP contribution in [0.3, 0.4) is 0 Å². The molecular weight excluding hydrogens is 312 g/mol. The first-order valence-electron chi connectivity index (χ1n) is 8.93. The third-order valence-corrected chi connectivity index (χ3v) is 4.79. The number of benzene rings is 2. The quantitative estimate of drug-likeness (QED) is 0.893. The van der Waals surface area contributed by atoms with Crippen LogP contribution in [-0.4, -0.2) is 18.4 Å². The van der Waals surface area contributed by atoms with Gasteiger partial charge in [-0.15, -0.1) is 0 Å². The molecule has 0 saturated heterocycles. The summed E-state index contributed by atoms with van der Waals surface area (Å²) in [6.07, 6.45) is 2.00. The van der Waals surface area contributed by atoms with Crippen LogP contribution in [-0.2, 0) is 16.0 Å². The Morgan fingerprint density at radius 2 is 1.88 bits per heavy atom.